The molecule has 14 nitrogen and oxygen atoms in total. The second-order valence-electron chi connectivity index (χ2n) is 23.4. The molecule has 71 heavy (non-hydrogen) atoms. The van der Waals surface area contributed by atoms with Crippen molar-refractivity contribution < 1.29 is 46.6 Å². The summed E-state index contributed by atoms with van der Waals surface area (Å²) < 4.78 is 37.4. The standard InChI is InChI=1S/C27H38N2O5Si.C27H36N2O5Si.CH4/c2*1-17-14-19-22(29(5)6)23-21(25(28-33-23)32-16-18-12-10-9-11-13-18)24(31)27(19,20(30)15-17)34-35(7,8)26(2,3)4;/h9-13,17,19,22H,14-16H2,1-8H3;9-13,15,19,22H,14,16H2,1-8H3;1H4/t17?,19-,22-,27-;19-,22-,27-;/m00./s1. The number of aromatic nitrogens is 2. The van der Waals surface area contributed by atoms with Gasteiger partial charge in [0, 0.05) is 18.3 Å². The zero-order valence-corrected chi connectivity index (χ0v) is 46.1. The van der Waals surface area contributed by atoms with Gasteiger partial charge in [0.1, 0.15) is 24.3 Å². The van der Waals surface area contributed by atoms with Crippen LogP contribution in [0.4, 0.5) is 0 Å². The summed E-state index contributed by atoms with van der Waals surface area (Å²) in [5, 5.41) is 7.96. The molecular weight excluding hydrogens is 933 g/mol. The molecule has 2 heterocycles. The molecule has 4 aliphatic rings. The van der Waals surface area contributed by atoms with Crippen LogP contribution in [0.1, 0.15) is 138 Å². The quantitative estimate of drug-likeness (QED) is 0.0972. The maximum Gasteiger partial charge on any atom is 0.265 e. The van der Waals surface area contributed by atoms with Crippen LogP contribution in [0.15, 0.2) is 81.4 Å². The lowest BCUT2D eigenvalue weighted by Crippen LogP contribution is -2.67. The van der Waals surface area contributed by atoms with Crippen LogP contribution in [0, 0.1) is 17.8 Å². The third kappa shape index (κ3) is 10.0. The maximum atomic E-state index is 14.4. The summed E-state index contributed by atoms with van der Waals surface area (Å²) in [5.41, 5.74) is 0.0822. The molecule has 4 aromatic rings. The Morgan fingerprint density at radius 2 is 1.06 bits per heavy atom. The Balaban J connectivity index is 0.000000229. The fourth-order valence-electron chi connectivity index (χ4n) is 10.1. The number of allylic oxidation sites excluding steroid dienone is 1. The van der Waals surface area contributed by atoms with Crippen LogP contribution in [-0.2, 0) is 31.7 Å². The van der Waals surface area contributed by atoms with E-state index in [-0.39, 0.29) is 94.9 Å². The maximum absolute atomic E-state index is 14.4. The second-order valence-corrected chi connectivity index (χ2v) is 32.9. The van der Waals surface area contributed by atoms with Gasteiger partial charge in [0.15, 0.2) is 50.9 Å². The third-order valence-electron chi connectivity index (χ3n) is 15.7. The average molecular weight is 1010 g/mol. The average Bonchev–Trinajstić information content (AvgIpc) is 3.88. The fraction of sp³-hybridized carbons (Fsp3) is 0.564. The van der Waals surface area contributed by atoms with Gasteiger partial charge in [-0.3, -0.25) is 29.0 Å². The Morgan fingerprint density at radius 3 is 1.48 bits per heavy atom. The van der Waals surface area contributed by atoms with Gasteiger partial charge in [-0.1, -0.05) is 122 Å². The van der Waals surface area contributed by atoms with E-state index < -0.39 is 39.5 Å². The van der Waals surface area contributed by atoms with Crippen molar-refractivity contribution in [2.75, 3.05) is 28.2 Å². The molecule has 0 radical (unpaired) electrons. The molecular formula is C55H78N4O10Si2. The van der Waals surface area contributed by atoms with Gasteiger partial charge in [-0.2, -0.15) is 0 Å². The number of hydrogen-bond donors (Lipinski definition) is 0. The minimum atomic E-state index is -2.55. The van der Waals surface area contributed by atoms with Crippen LogP contribution in [0.25, 0.3) is 0 Å². The lowest BCUT2D eigenvalue weighted by molar-refractivity contribution is -0.146. The van der Waals surface area contributed by atoms with Crippen molar-refractivity contribution in [3.05, 3.63) is 106 Å². The molecule has 386 valence electrons. The fourth-order valence-corrected chi connectivity index (χ4v) is 13.0. The monoisotopic (exact) mass is 1010 g/mol. The summed E-state index contributed by atoms with van der Waals surface area (Å²) in [6.07, 6.45) is 3.14. The number of carbonyl (C=O) groups excluding carboxylic acids is 4. The van der Waals surface area contributed by atoms with E-state index in [0.29, 0.717) is 30.8 Å². The number of carbonyl (C=O) groups is 4. The Kier molecular flexibility index (Phi) is 15.8. The molecule has 0 bridgehead atoms. The highest BCUT2D eigenvalue weighted by Crippen LogP contribution is 2.57. The van der Waals surface area contributed by atoms with Crippen molar-refractivity contribution >= 4 is 39.8 Å². The Morgan fingerprint density at radius 1 is 0.648 bits per heavy atom. The number of ether oxygens (including phenoxy) is 2. The number of nitrogens with zero attached hydrogens (tertiary/aromatic N) is 4. The van der Waals surface area contributed by atoms with Crippen molar-refractivity contribution in [3.8, 4) is 11.8 Å². The predicted octanol–water partition coefficient (Wildman–Crippen LogP) is 11.4. The molecule has 16 heteroatoms. The van der Waals surface area contributed by atoms with Gasteiger partial charge in [0.2, 0.25) is 11.6 Å². The number of Topliss-reactive ketones (excluding diaryl/α,β-unsaturated/α-hetero) is 3. The summed E-state index contributed by atoms with van der Waals surface area (Å²) >= 11 is 0. The molecule has 0 spiro atoms. The van der Waals surface area contributed by atoms with E-state index in [2.05, 4.69) is 85.0 Å². The molecule has 1 unspecified atom stereocenters. The van der Waals surface area contributed by atoms with Crippen molar-refractivity contribution in [1.29, 1.82) is 0 Å². The number of benzene rings is 2. The van der Waals surface area contributed by atoms with E-state index >= 15 is 0 Å². The van der Waals surface area contributed by atoms with E-state index in [1.54, 1.807) is 6.08 Å². The van der Waals surface area contributed by atoms with Gasteiger partial charge in [-0.15, -0.1) is 0 Å². The van der Waals surface area contributed by atoms with E-state index in [0.717, 1.165) is 16.7 Å². The Hall–Kier alpha value is -4.85. The third-order valence-corrected chi connectivity index (χ3v) is 24.6. The van der Waals surface area contributed by atoms with Crippen molar-refractivity contribution in [2.24, 2.45) is 17.8 Å². The van der Waals surface area contributed by atoms with Crippen LogP contribution in [0.3, 0.4) is 0 Å². The van der Waals surface area contributed by atoms with Crippen molar-refractivity contribution in [2.45, 2.75) is 155 Å². The lowest BCUT2D eigenvalue weighted by Gasteiger charge is -2.53. The van der Waals surface area contributed by atoms with E-state index in [4.69, 9.17) is 27.4 Å². The largest absolute Gasteiger partial charge is 0.470 e. The first kappa shape index (κ1) is 55.5. The van der Waals surface area contributed by atoms with Gasteiger partial charge >= 0.3 is 0 Å². The minimum Gasteiger partial charge on any atom is -0.470 e. The molecule has 0 amide bonds. The van der Waals surface area contributed by atoms with Crippen LogP contribution in [0.2, 0.25) is 36.3 Å². The van der Waals surface area contributed by atoms with Crippen LogP contribution in [-0.4, -0.2) is 99.3 Å². The number of hydrogen-bond acceptors (Lipinski definition) is 14. The summed E-state index contributed by atoms with van der Waals surface area (Å²) in [7, 11) is 2.66. The molecule has 2 aromatic carbocycles. The molecule has 2 aromatic heterocycles. The lowest BCUT2D eigenvalue weighted by atomic mass is 9.61. The first-order chi connectivity index (χ1) is 32.6. The molecule has 0 N–H and O–H groups in total. The molecule has 4 aliphatic carbocycles. The summed E-state index contributed by atoms with van der Waals surface area (Å²) in [6.45, 7) is 25.5. The highest BCUT2D eigenvalue weighted by Gasteiger charge is 2.68. The summed E-state index contributed by atoms with van der Waals surface area (Å²) in [4.78, 5) is 60.6. The van der Waals surface area contributed by atoms with Gasteiger partial charge in [0.25, 0.3) is 11.8 Å². The van der Waals surface area contributed by atoms with E-state index in [1.165, 1.54) is 0 Å². The van der Waals surface area contributed by atoms with E-state index in [1.807, 2.05) is 106 Å². The molecule has 7 atom stereocenters. The van der Waals surface area contributed by atoms with Crippen molar-refractivity contribution in [3.63, 3.8) is 0 Å². The van der Waals surface area contributed by atoms with Crippen LogP contribution < -0.4 is 9.47 Å². The van der Waals surface area contributed by atoms with Crippen molar-refractivity contribution in [1.82, 2.24) is 20.1 Å². The normalized spacial score (nSPS) is 25.5. The zero-order valence-electron chi connectivity index (χ0n) is 44.1. The summed E-state index contributed by atoms with van der Waals surface area (Å²) in [5.74, 6) is -0.707. The highest BCUT2D eigenvalue weighted by atomic mass is 28.4. The number of fused-ring (bicyclic) bond motifs is 4. The van der Waals surface area contributed by atoms with Crippen LogP contribution >= 0.6 is 0 Å². The molecule has 8 rings (SSSR count). The van der Waals surface area contributed by atoms with Gasteiger partial charge in [0.05, 0.1) is 12.1 Å². The van der Waals surface area contributed by atoms with Crippen LogP contribution in [0.5, 0.6) is 11.8 Å². The van der Waals surface area contributed by atoms with Gasteiger partial charge in [-0.25, -0.2) is 0 Å². The molecule has 1 saturated carbocycles. The molecule has 1 fully saturated rings. The topological polar surface area (TPSA) is 164 Å². The number of ketones is 4. The van der Waals surface area contributed by atoms with Gasteiger partial charge < -0.3 is 27.4 Å². The van der Waals surface area contributed by atoms with E-state index in [9.17, 15) is 19.2 Å². The van der Waals surface area contributed by atoms with Gasteiger partial charge in [-0.05, 0) is 118 Å². The Labute approximate surface area is 423 Å². The number of rotatable bonds is 12. The minimum absolute atomic E-state index is 0. The predicted molar refractivity (Wildman–Crippen MR) is 279 cm³/mol. The first-order valence-electron chi connectivity index (χ1n) is 24.5. The Bertz CT molecular complexity index is 2630. The first-order valence-corrected chi connectivity index (χ1v) is 30.3. The molecule has 0 saturated heterocycles. The smallest absolute Gasteiger partial charge is 0.265 e. The SMILES string of the molecule is C.CC1=CC(=O)[C@]2(O[Si](C)(C)C(C)(C)C)C(=O)c3c(OCc4ccccc4)noc3[C@@H](N(C)C)[C@@H]2C1.CC1CC(=O)[C@]2(O[Si](C)(C)C(C)(C)C)C(=O)c3c(OCc4ccccc4)noc3[C@@H](N(C)C)[C@@H]2C1. The summed E-state index contributed by atoms with van der Waals surface area (Å²) in [6, 6.07) is 18.6. The molecule has 0 aliphatic heterocycles. The zero-order chi connectivity index (χ0) is 51.5. The second kappa shape index (κ2) is 20.2. The highest BCUT2D eigenvalue weighted by molar-refractivity contribution is 6.75.